The van der Waals surface area contributed by atoms with Crippen molar-refractivity contribution in [1.82, 2.24) is 14.8 Å². The van der Waals surface area contributed by atoms with E-state index in [4.69, 9.17) is 5.73 Å². The molecule has 6 nitrogen and oxygen atoms in total. The van der Waals surface area contributed by atoms with Crippen LogP contribution in [0.1, 0.15) is 33.6 Å². The summed E-state index contributed by atoms with van der Waals surface area (Å²) in [6, 6.07) is 0.173. The van der Waals surface area contributed by atoms with Crippen LogP contribution < -0.4 is 11.1 Å². The van der Waals surface area contributed by atoms with Gasteiger partial charge in [-0.1, -0.05) is 30.4 Å². The standard InChI is InChI=1S/C11H19N5OS/c1-6-8(12)5-4-7(11(6,2)3)9(17)13-10-14-15-16-18-10/h6-8H,4-5,12H2,1-3H3,(H,13,14,16,17). The van der Waals surface area contributed by atoms with Gasteiger partial charge in [-0.15, -0.1) is 0 Å². The molecule has 2 rings (SSSR count). The van der Waals surface area contributed by atoms with Crippen molar-refractivity contribution in [1.29, 1.82) is 0 Å². The van der Waals surface area contributed by atoms with E-state index < -0.39 is 0 Å². The minimum absolute atomic E-state index is 0.00250. The van der Waals surface area contributed by atoms with Crippen molar-refractivity contribution in [3.8, 4) is 0 Å². The summed E-state index contributed by atoms with van der Waals surface area (Å²) in [5.41, 5.74) is 5.98. The number of amides is 1. The number of rotatable bonds is 2. The maximum Gasteiger partial charge on any atom is 0.231 e. The Balaban J connectivity index is 2.10. The van der Waals surface area contributed by atoms with E-state index in [1.54, 1.807) is 0 Å². The fraction of sp³-hybridized carbons (Fsp3) is 0.818. The topological polar surface area (TPSA) is 93.8 Å². The summed E-state index contributed by atoms with van der Waals surface area (Å²) in [4.78, 5) is 12.3. The van der Waals surface area contributed by atoms with Crippen molar-refractivity contribution in [3.63, 3.8) is 0 Å². The number of nitrogens with two attached hydrogens (primary N) is 1. The normalized spacial score (nSPS) is 31.0. The van der Waals surface area contributed by atoms with Gasteiger partial charge in [-0.3, -0.25) is 10.1 Å². The summed E-state index contributed by atoms with van der Waals surface area (Å²) >= 11 is 1.09. The second-order valence-corrected chi connectivity index (χ2v) is 6.29. The zero-order chi connectivity index (χ0) is 13.3. The van der Waals surface area contributed by atoms with E-state index in [1.807, 2.05) is 0 Å². The number of anilines is 1. The SMILES string of the molecule is CC1C(N)CCC(C(=O)Nc2nnns2)C1(C)C. The number of nitrogens with zero attached hydrogens (tertiary/aromatic N) is 3. The average Bonchev–Trinajstić information content (AvgIpc) is 2.78. The summed E-state index contributed by atoms with van der Waals surface area (Å²) in [7, 11) is 0. The van der Waals surface area contributed by atoms with Crippen LogP contribution in [0.4, 0.5) is 5.13 Å². The molecule has 1 aliphatic rings. The largest absolute Gasteiger partial charge is 0.327 e. The van der Waals surface area contributed by atoms with E-state index in [-0.39, 0.29) is 23.3 Å². The lowest BCUT2D eigenvalue weighted by Gasteiger charge is -2.45. The molecule has 0 spiro atoms. The van der Waals surface area contributed by atoms with Gasteiger partial charge >= 0.3 is 0 Å². The highest BCUT2D eigenvalue weighted by molar-refractivity contribution is 7.09. The minimum Gasteiger partial charge on any atom is -0.327 e. The van der Waals surface area contributed by atoms with Crippen LogP contribution in [0.25, 0.3) is 0 Å². The van der Waals surface area contributed by atoms with Gasteiger partial charge in [-0.2, -0.15) is 0 Å². The van der Waals surface area contributed by atoms with Crippen LogP contribution >= 0.6 is 11.5 Å². The Bertz CT molecular complexity index is 419. The molecule has 1 amide bonds. The third kappa shape index (κ3) is 2.37. The van der Waals surface area contributed by atoms with Crippen molar-refractivity contribution in [3.05, 3.63) is 0 Å². The van der Waals surface area contributed by atoms with E-state index >= 15 is 0 Å². The predicted octanol–water partition coefficient (Wildman–Crippen LogP) is 1.27. The second-order valence-electron chi connectivity index (χ2n) is 5.56. The molecule has 1 aromatic heterocycles. The Morgan fingerprint density at radius 2 is 2.22 bits per heavy atom. The fourth-order valence-corrected chi connectivity index (χ4v) is 3.06. The molecule has 1 aromatic rings. The van der Waals surface area contributed by atoms with E-state index in [2.05, 4.69) is 40.9 Å². The average molecular weight is 269 g/mol. The molecule has 0 radical (unpaired) electrons. The Kier molecular flexibility index (Phi) is 3.63. The molecule has 0 bridgehead atoms. The molecule has 7 heteroatoms. The van der Waals surface area contributed by atoms with Gasteiger partial charge in [-0.25, -0.2) is 0 Å². The van der Waals surface area contributed by atoms with Crippen molar-refractivity contribution in [2.45, 2.75) is 39.7 Å². The van der Waals surface area contributed by atoms with Gasteiger partial charge in [0.15, 0.2) is 0 Å². The van der Waals surface area contributed by atoms with Crippen LogP contribution in [0.5, 0.6) is 0 Å². The summed E-state index contributed by atoms with van der Waals surface area (Å²) < 4.78 is 3.63. The lowest BCUT2D eigenvalue weighted by atomic mass is 9.61. The zero-order valence-electron chi connectivity index (χ0n) is 10.9. The first-order chi connectivity index (χ1) is 8.43. The second kappa shape index (κ2) is 4.89. The maximum atomic E-state index is 12.3. The van der Waals surface area contributed by atoms with Gasteiger partial charge in [0.05, 0.1) is 0 Å². The highest BCUT2D eigenvalue weighted by atomic mass is 32.1. The molecule has 0 saturated heterocycles. The van der Waals surface area contributed by atoms with Crippen molar-refractivity contribution in [2.75, 3.05) is 5.32 Å². The van der Waals surface area contributed by atoms with Crippen LogP contribution in [0.3, 0.4) is 0 Å². The first-order valence-electron chi connectivity index (χ1n) is 6.14. The van der Waals surface area contributed by atoms with Crippen LogP contribution in [0.2, 0.25) is 0 Å². The summed E-state index contributed by atoms with van der Waals surface area (Å²) in [6.45, 7) is 6.34. The molecular formula is C11H19N5OS. The number of hydrogen-bond donors (Lipinski definition) is 2. The third-order valence-electron chi connectivity index (χ3n) is 4.35. The smallest absolute Gasteiger partial charge is 0.231 e. The third-order valence-corrected chi connectivity index (χ3v) is 4.86. The Hall–Kier alpha value is -1.08. The molecule has 18 heavy (non-hydrogen) atoms. The molecule has 0 aliphatic heterocycles. The summed E-state index contributed by atoms with van der Waals surface area (Å²) in [5.74, 6) is 0.267. The highest BCUT2D eigenvalue weighted by Gasteiger charge is 2.45. The van der Waals surface area contributed by atoms with Gasteiger partial charge in [-0.05, 0) is 29.4 Å². The first-order valence-corrected chi connectivity index (χ1v) is 6.91. The number of nitrogens with one attached hydrogen (secondary N) is 1. The molecule has 3 atom stereocenters. The van der Waals surface area contributed by atoms with Crippen LogP contribution in [0, 0.1) is 17.3 Å². The quantitative estimate of drug-likeness (QED) is 0.843. The monoisotopic (exact) mass is 269 g/mol. The molecule has 1 heterocycles. The molecule has 1 saturated carbocycles. The Labute approximate surface area is 111 Å². The van der Waals surface area contributed by atoms with E-state index in [0.717, 1.165) is 24.4 Å². The van der Waals surface area contributed by atoms with Crippen molar-refractivity contribution < 1.29 is 4.79 Å². The van der Waals surface area contributed by atoms with Crippen molar-refractivity contribution >= 4 is 22.6 Å². The lowest BCUT2D eigenvalue weighted by Crippen LogP contribution is -2.50. The van der Waals surface area contributed by atoms with Crippen molar-refractivity contribution in [2.24, 2.45) is 23.0 Å². The Morgan fingerprint density at radius 3 is 2.83 bits per heavy atom. The fourth-order valence-electron chi connectivity index (χ4n) is 2.69. The molecule has 1 aliphatic carbocycles. The van der Waals surface area contributed by atoms with Gasteiger partial charge in [0.2, 0.25) is 11.0 Å². The molecule has 3 N–H and O–H groups in total. The van der Waals surface area contributed by atoms with Crippen LogP contribution in [0.15, 0.2) is 0 Å². The maximum absolute atomic E-state index is 12.3. The van der Waals surface area contributed by atoms with Gasteiger partial charge in [0.1, 0.15) is 0 Å². The van der Waals surface area contributed by atoms with Crippen LogP contribution in [-0.4, -0.2) is 26.7 Å². The number of hydrogen-bond acceptors (Lipinski definition) is 6. The molecular weight excluding hydrogens is 250 g/mol. The van der Waals surface area contributed by atoms with E-state index in [1.165, 1.54) is 0 Å². The van der Waals surface area contributed by atoms with E-state index in [0.29, 0.717) is 11.0 Å². The molecule has 0 aromatic carbocycles. The molecule has 3 unspecified atom stereocenters. The predicted molar refractivity (Wildman–Crippen MR) is 70.0 cm³/mol. The van der Waals surface area contributed by atoms with Gasteiger partial charge < -0.3 is 5.73 Å². The highest BCUT2D eigenvalue weighted by Crippen LogP contribution is 2.44. The Morgan fingerprint density at radius 1 is 1.50 bits per heavy atom. The molecule has 1 fully saturated rings. The first kappa shape index (κ1) is 13.4. The number of carbonyl (C=O) groups excluding carboxylic acids is 1. The number of aromatic nitrogens is 3. The van der Waals surface area contributed by atoms with Crippen LogP contribution in [-0.2, 0) is 4.79 Å². The minimum atomic E-state index is -0.111. The van der Waals surface area contributed by atoms with Gasteiger partial charge in [0, 0.05) is 23.5 Å². The molecule has 100 valence electrons. The van der Waals surface area contributed by atoms with E-state index in [9.17, 15) is 4.79 Å². The lowest BCUT2D eigenvalue weighted by molar-refractivity contribution is -0.127. The zero-order valence-corrected chi connectivity index (χ0v) is 11.7. The summed E-state index contributed by atoms with van der Waals surface area (Å²) in [6.07, 6.45) is 1.70. The number of carbonyl (C=O) groups is 1. The summed E-state index contributed by atoms with van der Waals surface area (Å²) in [5, 5.41) is 10.4. The van der Waals surface area contributed by atoms with Gasteiger partial charge in [0.25, 0.3) is 0 Å².